The van der Waals surface area contributed by atoms with Crippen molar-refractivity contribution in [2.24, 2.45) is 0 Å². The van der Waals surface area contributed by atoms with Crippen molar-refractivity contribution < 1.29 is 13.5 Å². The molecule has 1 heterocycles. The molecule has 2 aromatic rings. The molecule has 0 unspecified atom stereocenters. The SMILES string of the molecule is CCOc1ccc2cc(C3CCCCC3)oc(=O)c2c1F. The van der Waals surface area contributed by atoms with Crippen LogP contribution in [0.3, 0.4) is 0 Å². The Morgan fingerprint density at radius 2 is 2.05 bits per heavy atom. The van der Waals surface area contributed by atoms with E-state index in [4.69, 9.17) is 9.15 Å². The second-order valence-corrected chi connectivity index (χ2v) is 5.55. The summed E-state index contributed by atoms with van der Waals surface area (Å²) in [5, 5.41) is 0.577. The van der Waals surface area contributed by atoms with Crippen LogP contribution in [0.1, 0.15) is 50.7 Å². The maximum Gasteiger partial charge on any atom is 0.346 e. The molecule has 0 radical (unpaired) electrons. The van der Waals surface area contributed by atoms with Crippen molar-refractivity contribution in [3.05, 3.63) is 40.2 Å². The molecular formula is C17H19FO3. The zero-order valence-electron chi connectivity index (χ0n) is 12.2. The van der Waals surface area contributed by atoms with Crippen LogP contribution in [0, 0.1) is 5.82 Å². The van der Waals surface area contributed by atoms with E-state index in [9.17, 15) is 9.18 Å². The minimum absolute atomic E-state index is 0.0134. The number of hydrogen-bond donors (Lipinski definition) is 0. The molecule has 0 aliphatic heterocycles. The van der Waals surface area contributed by atoms with Crippen molar-refractivity contribution in [3.8, 4) is 5.75 Å². The lowest BCUT2D eigenvalue weighted by Gasteiger charge is -2.20. The van der Waals surface area contributed by atoms with Crippen LogP contribution < -0.4 is 10.4 Å². The van der Waals surface area contributed by atoms with Crippen LogP contribution in [0.5, 0.6) is 5.75 Å². The van der Waals surface area contributed by atoms with Crippen molar-refractivity contribution in [2.75, 3.05) is 6.61 Å². The first kappa shape index (κ1) is 14.1. The van der Waals surface area contributed by atoms with Crippen LogP contribution >= 0.6 is 0 Å². The molecule has 1 aromatic carbocycles. The van der Waals surface area contributed by atoms with Crippen LogP contribution in [0.2, 0.25) is 0 Å². The first-order chi connectivity index (χ1) is 10.2. The molecule has 0 bridgehead atoms. The monoisotopic (exact) mass is 290 g/mol. The highest BCUT2D eigenvalue weighted by Gasteiger charge is 2.21. The maximum absolute atomic E-state index is 14.3. The zero-order valence-corrected chi connectivity index (χ0v) is 12.2. The third-order valence-corrected chi connectivity index (χ3v) is 4.16. The molecular weight excluding hydrogens is 271 g/mol. The summed E-state index contributed by atoms with van der Waals surface area (Å²) in [7, 11) is 0. The molecule has 112 valence electrons. The topological polar surface area (TPSA) is 39.4 Å². The Labute approximate surface area is 122 Å². The van der Waals surface area contributed by atoms with E-state index in [2.05, 4.69) is 0 Å². The Bertz CT molecular complexity index is 699. The second kappa shape index (κ2) is 5.88. The van der Waals surface area contributed by atoms with Crippen LogP contribution in [0.15, 0.2) is 27.4 Å². The van der Waals surface area contributed by atoms with E-state index in [0.717, 1.165) is 25.7 Å². The van der Waals surface area contributed by atoms with Crippen LogP contribution in [0.4, 0.5) is 4.39 Å². The average molecular weight is 290 g/mol. The van der Waals surface area contributed by atoms with Crippen LogP contribution in [-0.4, -0.2) is 6.61 Å². The average Bonchev–Trinajstić information content (AvgIpc) is 2.50. The summed E-state index contributed by atoms with van der Waals surface area (Å²) in [6, 6.07) is 5.11. The molecule has 3 rings (SSSR count). The third kappa shape index (κ3) is 2.67. The van der Waals surface area contributed by atoms with Gasteiger partial charge in [-0.3, -0.25) is 0 Å². The quantitative estimate of drug-likeness (QED) is 0.842. The predicted molar refractivity (Wildman–Crippen MR) is 79.4 cm³/mol. The lowest BCUT2D eigenvalue weighted by atomic mass is 9.87. The standard InChI is InChI=1S/C17H19FO3/c1-2-20-13-9-8-12-10-14(11-6-4-3-5-7-11)21-17(19)15(12)16(13)18/h8-11H,2-7H2,1H3. The third-order valence-electron chi connectivity index (χ3n) is 4.16. The molecule has 1 saturated carbocycles. The van der Waals surface area contributed by atoms with E-state index in [1.165, 1.54) is 6.42 Å². The summed E-state index contributed by atoms with van der Waals surface area (Å²) in [5.74, 6) is 0.447. The summed E-state index contributed by atoms with van der Waals surface area (Å²) < 4.78 is 24.9. The highest BCUT2D eigenvalue weighted by Crippen LogP contribution is 2.34. The highest BCUT2D eigenvalue weighted by molar-refractivity contribution is 5.83. The largest absolute Gasteiger partial charge is 0.491 e. The van der Waals surface area contributed by atoms with Gasteiger partial charge in [-0.1, -0.05) is 25.3 Å². The van der Waals surface area contributed by atoms with Gasteiger partial charge in [0, 0.05) is 5.92 Å². The van der Waals surface area contributed by atoms with Crippen LogP contribution in [-0.2, 0) is 0 Å². The molecule has 0 N–H and O–H groups in total. The van der Waals surface area contributed by atoms with Crippen molar-refractivity contribution in [1.82, 2.24) is 0 Å². The van der Waals surface area contributed by atoms with Crippen molar-refractivity contribution in [1.29, 1.82) is 0 Å². The van der Waals surface area contributed by atoms with E-state index in [1.807, 2.05) is 6.07 Å². The second-order valence-electron chi connectivity index (χ2n) is 5.55. The van der Waals surface area contributed by atoms with Gasteiger partial charge in [-0.25, -0.2) is 9.18 Å². The van der Waals surface area contributed by atoms with E-state index >= 15 is 0 Å². The van der Waals surface area contributed by atoms with Crippen molar-refractivity contribution >= 4 is 10.8 Å². The number of benzene rings is 1. The molecule has 3 nitrogen and oxygen atoms in total. The summed E-state index contributed by atoms with van der Waals surface area (Å²) in [5.41, 5.74) is -0.605. The van der Waals surface area contributed by atoms with Gasteiger partial charge < -0.3 is 9.15 Å². The van der Waals surface area contributed by atoms with Gasteiger partial charge in [0.25, 0.3) is 0 Å². The molecule has 0 spiro atoms. The van der Waals surface area contributed by atoms with Crippen LogP contribution in [0.25, 0.3) is 10.8 Å². The summed E-state index contributed by atoms with van der Waals surface area (Å²) in [4.78, 5) is 12.2. The highest BCUT2D eigenvalue weighted by atomic mass is 19.1. The number of ether oxygens (including phenoxy) is 1. The molecule has 1 aliphatic carbocycles. The summed E-state index contributed by atoms with van der Waals surface area (Å²) in [6.45, 7) is 2.13. The van der Waals surface area contributed by atoms with Gasteiger partial charge in [-0.2, -0.15) is 0 Å². The lowest BCUT2D eigenvalue weighted by molar-refractivity contribution is 0.322. The number of fused-ring (bicyclic) bond motifs is 1. The molecule has 0 saturated heterocycles. The Hall–Kier alpha value is -1.84. The Kier molecular flexibility index (Phi) is 3.95. The maximum atomic E-state index is 14.3. The first-order valence-electron chi connectivity index (χ1n) is 7.59. The lowest BCUT2D eigenvalue weighted by Crippen LogP contribution is -2.10. The van der Waals surface area contributed by atoms with Gasteiger partial charge in [0.15, 0.2) is 11.6 Å². The first-order valence-corrected chi connectivity index (χ1v) is 7.59. The fourth-order valence-corrected chi connectivity index (χ4v) is 3.10. The van der Waals surface area contributed by atoms with Gasteiger partial charge in [-0.05, 0) is 37.3 Å². The molecule has 21 heavy (non-hydrogen) atoms. The molecule has 0 atom stereocenters. The Morgan fingerprint density at radius 3 is 2.76 bits per heavy atom. The van der Waals surface area contributed by atoms with E-state index in [0.29, 0.717) is 17.8 Å². The fraction of sp³-hybridized carbons (Fsp3) is 0.471. The number of hydrogen-bond acceptors (Lipinski definition) is 3. The van der Waals surface area contributed by atoms with E-state index in [1.54, 1.807) is 19.1 Å². The Balaban J connectivity index is 2.08. The predicted octanol–water partition coefficient (Wildman–Crippen LogP) is 4.38. The fourth-order valence-electron chi connectivity index (χ4n) is 3.10. The molecule has 1 aromatic heterocycles. The van der Waals surface area contributed by atoms with Crippen molar-refractivity contribution in [2.45, 2.75) is 44.9 Å². The van der Waals surface area contributed by atoms with Gasteiger partial charge in [0.05, 0.1) is 6.61 Å². The summed E-state index contributed by atoms with van der Waals surface area (Å²) in [6.07, 6.45) is 5.62. The van der Waals surface area contributed by atoms with Crippen molar-refractivity contribution in [3.63, 3.8) is 0 Å². The smallest absolute Gasteiger partial charge is 0.346 e. The molecule has 4 heteroatoms. The van der Waals surface area contributed by atoms with Gasteiger partial charge in [0.1, 0.15) is 11.1 Å². The van der Waals surface area contributed by atoms with Gasteiger partial charge >= 0.3 is 5.63 Å². The molecule has 1 aliphatic rings. The normalized spacial score (nSPS) is 16.3. The van der Waals surface area contributed by atoms with E-state index in [-0.39, 0.29) is 17.1 Å². The Morgan fingerprint density at radius 1 is 1.29 bits per heavy atom. The molecule has 0 amide bonds. The summed E-state index contributed by atoms with van der Waals surface area (Å²) >= 11 is 0. The van der Waals surface area contributed by atoms with Gasteiger partial charge in [0.2, 0.25) is 0 Å². The molecule has 1 fully saturated rings. The minimum atomic E-state index is -0.627. The van der Waals surface area contributed by atoms with E-state index < -0.39 is 11.4 Å². The number of halogens is 1. The zero-order chi connectivity index (χ0) is 14.8. The minimum Gasteiger partial charge on any atom is -0.491 e. The van der Waals surface area contributed by atoms with Gasteiger partial charge in [-0.15, -0.1) is 0 Å². The number of rotatable bonds is 3.